The van der Waals surface area contributed by atoms with Crippen molar-refractivity contribution in [3.05, 3.63) is 52.5 Å². The van der Waals surface area contributed by atoms with Crippen LogP contribution in [0.4, 0.5) is 5.69 Å². The van der Waals surface area contributed by atoms with Gasteiger partial charge >= 0.3 is 0 Å². The summed E-state index contributed by atoms with van der Waals surface area (Å²) in [4.78, 5) is 12.3. The number of rotatable bonds is 7. The smallest absolute Gasteiger partial charge is 0.225 e. The Kier molecular flexibility index (Phi) is 6.26. The van der Waals surface area contributed by atoms with E-state index in [1.54, 1.807) is 6.92 Å². The van der Waals surface area contributed by atoms with Crippen molar-refractivity contribution in [3.63, 3.8) is 0 Å². The number of benzene rings is 1. The van der Waals surface area contributed by atoms with E-state index in [0.29, 0.717) is 13.0 Å². The van der Waals surface area contributed by atoms with Crippen LogP contribution >= 0.6 is 0 Å². The van der Waals surface area contributed by atoms with Crippen LogP contribution in [-0.2, 0) is 10.4 Å². The first-order chi connectivity index (χ1) is 12.1. The Morgan fingerprint density at radius 1 is 1.23 bits per heavy atom. The fourth-order valence-electron chi connectivity index (χ4n) is 3.14. The molecule has 5 heteroatoms. The van der Waals surface area contributed by atoms with Crippen LogP contribution in [-0.4, -0.2) is 23.6 Å². The monoisotopic (exact) mass is 358 g/mol. The number of nitrogens with one attached hydrogen (secondary N) is 2. The zero-order valence-electron chi connectivity index (χ0n) is 16.6. The molecule has 0 aliphatic rings. The minimum absolute atomic E-state index is 0.0491. The van der Waals surface area contributed by atoms with Gasteiger partial charge in [0.1, 0.15) is 17.1 Å². The summed E-state index contributed by atoms with van der Waals surface area (Å²) in [6.07, 6.45) is 0.326. The molecule has 2 rings (SSSR count). The summed E-state index contributed by atoms with van der Waals surface area (Å²) in [5, 5.41) is 16.9. The highest BCUT2D eigenvalue weighted by atomic mass is 16.3. The summed E-state index contributed by atoms with van der Waals surface area (Å²) in [7, 11) is 0. The molecule has 2 aromatic rings. The molecule has 5 nitrogen and oxygen atoms in total. The average Bonchev–Trinajstić information content (AvgIpc) is 2.88. The lowest BCUT2D eigenvalue weighted by Gasteiger charge is -2.25. The number of furan rings is 1. The van der Waals surface area contributed by atoms with Gasteiger partial charge in [0.25, 0.3) is 0 Å². The van der Waals surface area contributed by atoms with E-state index in [2.05, 4.69) is 10.6 Å². The third-order valence-corrected chi connectivity index (χ3v) is 4.56. The molecule has 2 unspecified atom stereocenters. The molecular formula is C21H30N2O3. The minimum atomic E-state index is -1.06. The minimum Gasteiger partial charge on any atom is -0.466 e. The Morgan fingerprint density at radius 2 is 1.92 bits per heavy atom. The molecule has 26 heavy (non-hydrogen) atoms. The molecule has 2 atom stereocenters. The van der Waals surface area contributed by atoms with E-state index >= 15 is 0 Å². The van der Waals surface area contributed by atoms with Crippen molar-refractivity contribution in [2.45, 2.75) is 59.6 Å². The third-order valence-electron chi connectivity index (χ3n) is 4.56. The van der Waals surface area contributed by atoms with Crippen LogP contribution in [0.2, 0.25) is 0 Å². The van der Waals surface area contributed by atoms with Crippen LogP contribution in [0.5, 0.6) is 0 Å². The van der Waals surface area contributed by atoms with Crippen molar-refractivity contribution in [1.29, 1.82) is 0 Å². The molecule has 0 aliphatic heterocycles. The number of hydrogen-bond donors (Lipinski definition) is 3. The van der Waals surface area contributed by atoms with Crippen molar-refractivity contribution in [2.75, 3.05) is 11.9 Å². The Hall–Kier alpha value is -2.11. The summed E-state index contributed by atoms with van der Waals surface area (Å²) < 4.78 is 5.51. The van der Waals surface area contributed by atoms with Gasteiger partial charge in [-0.1, -0.05) is 17.7 Å². The van der Waals surface area contributed by atoms with E-state index in [0.717, 1.165) is 28.3 Å². The highest BCUT2D eigenvalue weighted by Crippen LogP contribution is 2.26. The fraction of sp³-hybridized carbons (Fsp3) is 0.476. The summed E-state index contributed by atoms with van der Waals surface area (Å²) >= 11 is 0. The van der Waals surface area contributed by atoms with Crippen LogP contribution < -0.4 is 10.6 Å². The van der Waals surface area contributed by atoms with E-state index in [1.807, 2.05) is 58.9 Å². The van der Waals surface area contributed by atoms with Gasteiger partial charge < -0.3 is 20.2 Å². The van der Waals surface area contributed by atoms with Crippen LogP contribution in [0.15, 0.2) is 28.7 Å². The summed E-state index contributed by atoms with van der Waals surface area (Å²) in [6, 6.07) is 7.74. The fourth-order valence-corrected chi connectivity index (χ4v) is 3.14. The number of aryl methyl sites for hydroxylation is 4. The second kappa shape index (κ2) is 8.06. The van der Waals surface area contributed by atoms with Gasteiger partial charge in [-0.15, -0.1) is 0 Å². The molecule has 1 aromatic carbocycles. The van der Waals surface area contributed by atoms with Crippen molar-refractivity contribution in [1.82, 2.24) is 5.32 Å². The highest BCUT2D eigenvalue weighted by Gasteiger charge is 2.28. The van der Waals surface area contributed by atoms with Crippen molar-refractivity contribution in [3.8, 4) is 0 Å². The Labute approximate surface area is 155 Å². The van der Waals surface area contributed by atoms with E-state index < -0.39 is 5.60 Å². The van der Waals surface area contributed by atoms with Crippen LogP contribution in [0.3, 0.4) is 0 Å². The maximum Gasteiger partial charge on any atom is 0.225 e. The molecule has 1 aromatic heterocycles. The normalized spacial score (nSPS) is 14.7. The summed E-state index contributed by atoms with van der Waals surface area (Å²) in [5.41, 5.74) is 2.77. The first kappa shape index (κ1) is 20.2. The quantitative estimate of drug-likeness (QED) is 0.705. The second-order valence-electron chi connectivity index (χ2n) is 7.45. The lowest BCUT2D eigenvalue weighted by molar-refractivity contribution is -0.116. The Bertz CT molecular complexity index is 778. The number of hydrogen-bond acceptors (Lipinski definition) is 4. The summed E-state index contributed by atoms with van der Waals surface area (Å²) in [6.45, 7) is 11.7. The van der Waals surface area contributed by atoms with E-state index in [1.165, 1.54) is 5.56 Å². The van der Waals surface area contributed by atoms with Crippen molar-refractivity contribution < 1.29 is 14.3 Å². The number of carbonyl (C=O) groups excluding carboxylic acids is 1. The standard InChI is InChI=1S/C21H30N2O3/c1-13-7-8-19(14(2)9-13)23-20(24)10-15(3)22-12-21(6,25)18-11-16(4)26-17(18)5/h7-9,11,15,22,25H,10,12H2,1-6H3,(H,23,24). The maximum atomic E-state index is 12.3. The molecule has 0 spiro atoms. The van der Waals surface area contributed by atoms with E-state index in [-0.39, 0.29) is 11.9 Å². The molecule has 1 heterocycles. The molecule has 142 valence electrons. The Morgan fingerprint density at radius 3 is 2.50 bits per heavy atom. The zero-order chi connectivity index (χ0) is 19.5. The molecular weight excluding hydrogens is 328 g/mol. The summed E-state index contributed by atoms with van der Waals surface area (Å²) in [5.74, 6) is 1.44. The average molecular weight is 358 g/mol. The number of anilines is 1. The van der Waals surface area contributed by atoms with Gasteiger partial charge in [-0.25, -0.2) is 0 Å². The predicted molar refractivity (Wildman–Crippen MR) is 104 cm³/mol. The topological polar surface area (TPSA) is 74.5 Å². The predicted octanol–water partition coefficient (Wildman–Crippen LogP) is 3.73. The lowest BCUT2D eigenvalue weighted by atomic mass is 9.96. The molecule has 0 saturated carbocycles. The first-order valence-corrected chi connectivity index (χ1v) is 8.99. The maximum absolute atomic E-state index is 12.3. The Balaban J connectivity index is 1.88. The molecule has 1 amide bonds. The molecule has 3 N–H and O–H groups in total. The SMILES string of the molecule is Cc1ccc(NC(=O)CC(C)NCC(C)(O)c2cc(C)oc2C)c(C)c1. The van der Waals surface area contributed by atoms with Gasteiger partial charge in [0.05, 0.1) is 0 Å². The van der Waals surface area contributed by atoms with Crippen LogP contribution in [0, 0.1) is 27.7 Å². The van der Waals surface area contributed by atoms with Crippen LogP contribution in [0.1, 0.15) is 48.5 Å². The lowest BCUT2D eigenvalue weighted by Crippen LogP contribution is -2.41. The number of carbonyl (C=O) groups is 1. The molecule has 0 radical (unpaired) electrons. The number of amides is 1. The third kappa shape index (κ3) is 5.19. The van der Waals surface area contributed by atoms with Gasteiger partial charge in [-0.3, -0.25) is 4.79 Å². The second-order valence-corrected chi connectivity index (χ2v) is 7.45. The van der Waals surface area contributed by atoms with E-state index in [4.69, 9.17) is 4.42 Å². The highest BCUT2D eigenvalue weighted by molar-refractivity contribution is 5.91. The van der Waals surface area contributed by atoms with E-state index in [9.17, 15) is 9.90 Å². The van der Waals surface area contributed by atoms with Gasteiger partial charge in [-0.2, -0.15) is 0 Å². The molecule has 0 bridgehead atoms. The first-order valence-electron chi connectivity index (χ1n) is 8.99. The molecule has 0 aliphatic carbocycles. The number of aliphatic hydroxyl groups is 1. The van der Waals surface area contributed by atoms with Gasteiger partial charge in [-0.05, 0) is 59.2 Å². The molecule has 0 saturated heterocycles. The molecule has 0 fully saturated rings. The van der Waals surface area contributed by atoms with Gasteiger partial charge in [0, 0.05) is 30.3 Å². The zero-order valence-corrected chi connectivity index (χ0v) is 16.6. The van der Waals surface area contributed by atoms with Gasteiger partial charge in [0.2, 0.25) is 5.91 Å². The largest absolute Gasteiger partial charge is 0.466 e. The van der Waals surface area contributed by atoms with Crippen LogP contribution in [0.25, 0.3) is 0 Å². The van der Waals surface area contributed by atoms with Gasteiger partial charge in [0.15, 0.2) is 0 Å². The van der Waals surface area contributed by atoms with Crippen molar-refractivity contribution in [2.24, 2.45) is 0 Å². The van der Waals surface area contributed by atoms with Crippen molar-refractivity contribution >= 4 is 11.6 Å².